The minimum absolute atomic E-state index is 0.106. The zero-order valence-corrected chi connectivity index (χ0v) is 16.3. The molecule has 0 aliphatic heterocycles. The molecule has 0 saturated heterocycles. The van der Waals surface area contributed by atoms with Crippen LogP contribution >= 0.6 is 0 Å². The van der Waals surface area contributed by atoms with E-state index in [1.165, 1.54) is 53.9 Å². The smallest absolute Gasteiger partial charge is 0.338 e. The van der Waals surface area contributed by atoms with Gasteiger partial charge in [0.05, 0.1) is 17.6 Å². The lowest BCUT2D eigenvalue weighted by Gasteiger charge is -2.18. The summed E-state index contributed by atoms with van der Waals surface area (Å²) in [5.74, 6) is -0.703. The van der Waals surface area contributed by atoms with Crippen LogP contribution in [0.2, 0.25) is 0 Å². The Morgan fingerprint density at radius 2 is 1.70 bits per heavy atom. The molecule has 0 aromatic heterocycles. The average Bonchev–Trinajstić information content (AvgIpc) is 2.67. The number of carbonyl (C=O) groups is 1. The molecule has 27 heavy (non-hydrogen) atoms. The van der Waals surface area contributed by atoms with Crippen LogP contribution in [0.3, 0.4) is 0 Å². The SMILES string of the molecule is CCN(CC)S(=O)(=O)c1ccc(C(=O)OCc2cc(F)ccc2OC)cc1. The number of hydrogen-bond acceptors (Lipinski definition) is 5. The van der Waals surface area contributed by atoms with E-state index in [1.54, 1.807) is 13.8 Å². The largest absolute Gasteiger partial charge is 0.496 e. The maximum Gasteiger partial charge on any atom is 0.338 e. The molecule has 2 aromatic rings. The van der Waals surface area contributed by atoms with Crippen molar-refractivity contribution >= 4 is 16.0 Å². The molecule has 0 saturated carbocycles. The van der Waals surface area contributed by atoms with Gasteiger partial charge in [-0.2, -0.15) is 4.31 Å². The number of methoxy groups -OCH3 is 1. The molecule has 0 aliphatic rings. The van der Waals surface area contributed by atoms with Gasteiger partial charge in [-0.1, -0.05) is 13.8 Å². The fourth-order valence-electron chi connectivity index (χ4n) is 2.56. The van der Waals surface area contributed by atoms with Gasteiger partial charge < -0.3 is 9.47 Å². The maximum atomic E-state index is 13.4. The van der Waals surface area contributed by atoms with E-state index in [0.717, 1.165) is 0 Å². The number of halogens is 1. The molecule has 0 aliphatic carbocycles. The van der Waals surface area contributed by atoms with Crippen molar-refractivity contribution in [1.82, 2.24) is 4.31 Å². The summed E-state index contributed by atoms with van der Waals surface area (Å²) in [5.41, 5.74) is 0.593. The van der Waals surface area contributed by atoms with Gasteiger partial charge in [0.15, 0.2) is 0 Å². The molecule has 8 heteroatoms. The van der Waals surface area contributed by atoms with E-state index in [4.69, 9.17) is 9.47 Å². The van der Waals surface area contributed by atoms with Crippen LogP contribution in [0, 0.1) is 5.82 Å². The molecule has 2 rings (SSSR count). The Hall–Kier alpha value is -2.45. The lowest BCUT2D eigenvalue weighted by atomic mass is 10.2. The number of nitrogens with zero attached hydrogens (tertiary/aromatic N) is 1. The monoisotopic (exact) mass is 395 g/mol. The maximum absolute atomic E-state index is 13.4. The van der Waals surface area contributed by atoms with Crippen molar-refractivity contribution in [2.45, 2.75) is 25.3 Å². The molecule has 0 N–H and O–H groups in total. The number of hydrogen-bond donors (Lipinski definition) is 0. The van der Waals surface area contributed by atoms with Crippen molar-refractivity contribution in [2.24, 2.45) is 0 Å². The number of carbonyl (C=O) groups excluding carboxylic acids is 1. The van der Waals surface area contributed by atoms with Crippen molar-refractivity contribution in [3.63, 3.8) is 0 Å². The Morgan fingerprint density at radius 1 is 1.07 bits per heavy atom. The molecule has 0 amide bonds. The first-order valence-corrected chi connectivity index (χ1v) is 9.87. The number of esters is 1. The summed E-state index contributed by atoms with van der Waals surface area (Å²) >= 11 is 0. The number of ether oxygens (including phenoxy) is 2. The van der Waals surface area contributed by atoms with E-state index in [9.17, 15) is 17.6 Å². The normalized spacial score (nSPS) is 11.4. The van der Waals surface area contributed by atoms with Crippen molar-refractivity contribution in [2.75, 3.05) is 20.2 Å². The number of sulfonamides is 1. The van der Waals surface area contributed by atoms with Crippen LogP contribution in [0.4, 0.5) is 4.39 Å². The van der Waals surface area contributed by atoms with Crippen LogP contribution in [0.25, 0.3) is 0 Å². The fourth-order valence-corrected chi connectivity index (χ4v) is 4.02. The van der Waals surface area contributed by atoms with Crippen LogP contribution in [-0.2, 0) is 21.4 Å². The zero-order chi connectivity index (χ0) is 20.0. The molecular weight excluding hydrogens is 373 g/mol. The summed E-state index contributed by atoms with van der Waals surface area (Å²) in [6.45, 7) is 4.07. The third-order valence-corrected chi connectivity index (χ3v) is 6.10. The number of rotatable bonds is 8. The lowest BCUT2D eigenvalue weighted by molar-refractivity contribution is 0.0469. The predicted molar refractivity (Wildman–Crippen MR) is 98.6 cm³/mol. The van der Waals surface area contributed by atoms with Gasteiger partial charge in [-0.25, -0.2) is 17.6 Å². The summed E-state index contributed by atoms with van der Waals surface area (Å²) in [6.07, 6.45) is 0. The van der Waals surface area contributed by atoms with E-state index in [-0.39, 0.29) is 17.1 Å². The van der Waals surface area contributed by atoms with Gasteiger partial charge in [-0.05, 0) is 42.5 Å². The third kappa shape index (κ3) is 4.84. The quantitative estimate of drug-likeness (QED) is 0.642. The highest BCUT2D eigenvalue weighted by Crippen LogP contribution is 2.21. The van der Waals surface area contributed by atoms with Gasteiger partial charge in [0.1, 0.15) is 18.2 Å². The summed E-state index contributed by atoms with van der Waals surface area (Å²) in [4.78, 5) is 12.3. The second-order valence-corrected chi connectivity index (χ2v) is 7.58. The van der Waals surface area contributed by atoms with E-state index >= 15 is 0 Å². The van der Waals surface area contributed by atoms with Gasteiger partial charge in [0, 0.05) is 18.7 Å². The van der Waals surface area contributed by atoms with Gasteiger partial charge in [0.2, 0.25) is 10.0 Å². The Labute approximate surface area is 158 Å². The second-order valence-electron chi connectivity index (χ2n) is 5.65. The molecule has 0 radical (unpaired) electrons. The minimum atomic E-state index is -3.59. The predicted octanol–water partition coefficient (Wildman–Crippen LogP) is 3.22. The summed E-state index contributed by atoms with van der Waals surface area (Å²) < 4.78 is 49.9. The standard InChI is InChI=1S/C19H22FNO5S/c1-4-21(5-2)27(23,24)17-9-6-14(7-10-17)19(22)26-13-15-12-16(20)8-11-18(15)25-3/h6-12H,4-5,13H2,1-3H3. The molecule has 0 fully saturated rings. The summed E-state index contributed by atoms with van der Waals surface area (Å²) in [5, 5.41) is 0. The Kier molecular flexibility index (Phi) is 6.92. The molecular formula is C19H22FNO5S. The van der Waals surface area contributed by atoms with Gasteiger partial charge >= 0.3 is 5.97 Å². The van der Waals surface area contributed by atoms with Crippen LogP contribution in [-0.4, -0.2) is 38.9 Å². The second kappa shape index (κ2) is 8.96. The molecule has 6 nitrogen and oxygen atoms in total. The van der Waals surface area contributed by atoms with E-state index in [1.807, 2.05) is 0 Å². The Morgan fingerprint density at radius 3 is 2.26 bits per heavy atom. The van der Waals surface area contributed by atoms with Gasteiger partial charge in [-0.3, -0.25) is 0 Å². The highest BCUT2D eigenvalue weighted by molar-refractivity contribution is 7.89. The van der Waals surface area contributed by atoms with Crippen LogP contribution in [0.1, 0.15) is 29.8 Å². The van der Waals surface area contributed by atoms with Crippen LogP contribution in [0.15, 0.2) is 47.4 Å². The van der Waals surface area contributed by atoms with E-state index < -0.39 is 21.8 Å². The summed E-state index contributed by atoms with van der Waals surface area (Å²) in [6, 6.07) is 9.44. The molecule has 0 bridgehead atoms. The first-order valence-electron chi connectivity index (χ1n) is 8.43. The molecule has 2 aromatic carbocycles. The highest BCUT2D eigenvalue weighted by Gasteiger charge is 2.22. The first kappa shape index (κ1) is 20.9. The van der Waals surface area contributed by atoms with E-state index in [0.29, 0.717) is 24.4 Å². The molecule has 146 valence electrons. The first-order chi connectivity index (χ1) is 12.8. The number of benzene rings is 2. The Bertz CT molecular complexity index is 893. The third-order valence-electron chi connectivity index (χ3n) is 4.03. The molecule has 0 spiro atoms. The van der Waals surface area contributed by atoms with Gasteiger partial charge in [0.25, 0.3) is 0 Å². The highest BCUT2D eigenvalue weighted by atomic mass is 32.2. The Balaban J connectivity index is 2.11. The van der Waals surface area contributed by atoms with Crippen molar-refractivity contribution < 1.29 is 27.1 Å². The topological polar surface area (TPSA) is 72.9 Å². The van der Waals surface area contributed by atoms with Crippen LogP contribution in [0.5, 0.6) is 5.75 Å². The zero-order valence-electron chi connectivity index (χ0n) is 15.4. The van der Waals surface area contributed by atoms with Crippen molar-refractivity contribution in [3.05, 3.63) is 59.4 Å². The molecule has 0 heterocycles. The van der Waals surface area contributed by atoms with Crippen molar-refractivity contribution in [1.29, 1.82) is 0 Å². The molecule has 0 unspecified atom stereocenters. The average molecular weight is 395 g/mol. The van der Waals surface area contributed by atoms with E-state index in [2.05, 4.69) is 0 Å². The minimum Gasteiger partial charge on any atom is -0.496 e. The van der Waals surface area contributed by atoms with Crippen LogP contribution < -0.4 is 4.74 Å². The lowest BCUT2D eigenvalue weighted by Crippen LogP contribution is -2.30. The van der Waals surface area contributed by atoms with Gasteiger partial charge in [-0.15, -0.1) is 0 Å². The molecule has 0 atom stereocenters. The van der Waals surface area contributed by atoms with Crippen molar-refractivity contribution in [3.8, 4) is 5.75 Å². The summed E-state index contributed by atoms with van der Waals surface area (Å²) in [7, 11) is -2.15. The fraction of sp³-hybridized carbons (Fsp3) is 0.316.